The van der Waals surface area contributed by atoms with Crippen LogP contribution in [-0.4, -0.2) is 69.1 Å². The summed E-state index contributed by atoms with van der Waals surface area (Å²) in [7, 11) is 0. The molecule has 2 aromatic rings. The first kappa shape index (κ1) is 18.2. The lowest BCUT2D eigenvalue weighted by Crippen LogP contribution is -2.58. The van der Waals surface area contributed by atoms with Gasteiger partial charge in [0.25, 0.3) is 0 Å². The van der Waals surface area contributed by atoms with E-state index in [2.05, 4.69) is 39.0 Å². The lowest BCUT2D eigenvalue weighted by molar-refractivity contribution is -0.142. The van der Waals surface area contributed by atoms with Gasteiger partial charge in [-0.3, -0.25) is 9.69 Å². The molecule has 0 radical (unpaired) electrons. The summed E-state index contributed by atoms with van der Waals surface area (Å²) in [6, 6.07) is 4.36. The van der Waals surface area contributed by atoms with Crippen LogP contribution in [0, 0.1) is 11.8 Å². The van der Waals surface area contributed by atoms with Gasteiger partial charge in [-0.05, 0) is 56.3 Å². The van der Waals surface area contributed by atoms with Crippen LogP contribution in [0.15, 0.2) is 24.7 Å². The Labute approximate surface area is 160 Å². The number of piperidine rings is 2. The van der Waals surface area contributed by atoms with Crippen molar-refractivity contribution >= 4 is 17.2 Å². The molecular formula is C20H30N6O. The van der Waals surface area contributed by atoms with E-state index >= 15 is 0 Å². The highest BCUT2D eigenvalue weighted by Crippen LogP contribution is 2.39. The highest BCUT2D eigenvalue weighted by Gasteiger charge is 2.42. The van der Waals surface area contributed by atoms with E-state index in [0.717, 1.165) is 43.9 Å². The van der Waals surface area contributed by atoms with Crippen molar-refractivity contribution in [1.82, 2.24) is 24.4 Å². The smallest absolute Gasteiger partial charge is 0.237 e. The molecule has 2 aliphatic heterocycles. The first-order chi connectivity index (χ1) is 13.2. The predicted octanol–water partition coefficient (Wildman–Crippen LogP) is 2.11. The number of nitrogens with one attached hydrogen (secondary N) is 1. The van der Waals surface area contributed by atoms with Crippen molar-refractivity contribution in [3.63, 3.8) is 0 Å². The van der Waals surface area contributed by atoms with Crippen molar-refractivity contribution in [2.45, 2.75) is 39.2 Å². The van der Waals surface area contributed by atoms with Gasteiger partial charge in [0.15, 0.2) is 5.82 Å². The Kier molecular flexibility index (Phi) is 5.29. The lowest BCUT2D eigenvalue weighted by atomic mass is 9.72. The molecule has 7 nitrogen and oxygen atoms in total. The van der Waals surface area contributed by atoms with E-state index in [-0.39, 0.29) is 0 Å². The minimum Gasteiger partial charge on any atom is -0.368 e. The van der Waals surface area contributed by atoms with Crippen LogP contribution in [0.25, 0.3) is 5.52 Å². The van der Waals surface area contributed by atoms with Gasteiger partial charge in [0.2, 0.25) is 5.91 Å². The molecule has 1 aliphatic carbocycles. The summed E-state index contributed by atoms with van der Waals surface area (Å²) in [6.07, 6.45) is 7.10. The molecule has 2 bridgehead atoms. The van der Waals surface area contributed by atoms with Crippen molar-refractivity contribution in [2.75, 3.05) is 38.0 Å². The number of amides is 1. The molecule has 4 heterocycles. The van der Waals surface area contributed by atoms with Crippen LogP contribution in [-0.2, 0) is 4.79 Å². The quantitative estimate of drug-likeness (QED) is 0.809. The highest BCUT2D eigenvalue weighted by molar-refractivity contribution is 5.79. The number of nitrogens with zero attached hydrogens (tertiary/aromatic N) is 5. The first-order valence-electron chi connectivity index (χ1n) is 10.2. The van der Waals surface area contributed by atoms with Gasteiger partial charge < -0.3 is 10.2 Å². The Morgan fingerprint density at radius 1 is 1.33 bits per heavy atom. The Bertz CT molecular complexity index is 786. The van der Waals surface area contributed by atoms with Crippen LogP contribution >= 0.6 is 0 Å². The van der Waals surface area contributed by atoms with Crippen LogP contribution in [0.5, 0.6) is 0 Å². The fourth-order valence-corrected chi connectivity index (χ4v) is 4.80. The van der Waals surface area contributed by atoms with Gasteiger partial charge in [-0.15, -0.1) is 0 Å². The lowest BCUT2D eigenvalue weighted by Gasteiger charge is -2.50. The van der Waals surface area contributed by atoms with E-state index in [9.17, 15) is 4.79 Å². The van der Waals surface area contributed by atoms with Crippen LogP contribution < -0.4 is 5.32 Å². The van der Waals surface area contributed by atoms with E-state index in [0.29, 0.717) is 30.3 Å². The largest absolute Gasteiger partial charge is 0.368 e. The van der Waals surface area contributed by atoms with E-state index in [1.54, 1.807) is 6.33 Å². The minimum absolute atomic E-state index is 0.300. The molecule has 3 fully saturated rings. The van der Waals surface area contributed by atoms with Gasteiger partial charge in [0.05, 0.1) is 6.54 Å². The highest BCUT2D eigenvalue weighted by atomic mass is 16.2. The topological polar surface area (TPSA) is 65.8 Å². The standard InChI is InChI=1S/C20H30N6O/c1-3-24(4-2)13-19(27)25-12-15-7-8-17(25)16(10-15)11-21-20-18-6-5-9-26(18)23-14-22-20/h5-6,9,14-17H,3-4,7-8,10-13H2,1-2H3,(H,21,22,23). The van der Waals surface area contributed by atoms with Crippen molar-refractivity contribution in [3.05, 3.63) is 24.7 Å². The van der Waals surface area contributed by atoms with Gasteiger partial charge in [0, 0.05) is 25.3 Å². The summed E-state index contributed by atoms with van der Waals surface area (Å²) >= 11 is 0. The van der Waals surface area contributed by atoms with Crippen LogP contribution in [0.3, 0.4) is 0 Å². The third kappa shape index (κ3) is 3.65. The SMILES string of the molecule is CCN(CC)CC(=O)N1CC2CCC1C(CNc1ncnn3cccc13)C2. The van der Waals surface area contributed by atoms with Gasteiger partial charge in [-0.1, -0.05) is 13.8 Å². The number of carbonyl (C=O) groups is 1. The van der Waals surface area contributed by atoms with Gasteiger partial charge in [-0.25, -0.2) is 9.50 Å². The number of carbonyl (C=O) groups excluding carboxylic acids is 1. The summed E-state index contributed by atoms with van der Waals surface area (Å²) in [4.78, 5) is 21.7. The fraction of sp³-hybridized carbons (Fsp3) is 0.650. The molecule has 1 saturated carbocycles. The van der Waals surface area contributed by atoms with Crippen LogP contribution in [0.2, 0.25) is 0 Å². The van der Waals surface area contributed by atoms with Crippen molar-refractivity contribution < 1.29 is 4.79 Å². The third-order valence-corrected chi connectivity index (χ3v) is 6.35. The zero-order chi connectivity index (χ0) is 18.8. The second-order valence-electron chi connectivity index (χ2n) is 7.84. The molecule has 2 aromatic heterocycles. The van der Waals surface area contributed by atoms with Gasteiger partial charge in [-0.2, -0.15) is 5.10 Å². The molecule has 27 heavy (non-hydrogen) atoms. The summed E-state index contributed by atoms with van der Waals surface area (Å²) in [5.74, 6) is 2.30. The summed E-state index contributed by atoms with van der Waals surface area (Å²) < 4.78 is 1.84. The summed E-state index contributed by atoms with van der Waals surface area (Å²) in [6.45, 7) is 8.44. The number of anilines is 1. The Morgan fingerprint density at radius 2 is 2.19 bits per heavy atom. The van der Waals surface area contributed by atoms with Crippen molar-refractivity contribution in [1.29, 1.82) is 0 Å². The molecule has 5 rings (SSSR count). The number of hydrogen-bond donors (Lipinski definition) is 1. The zero-order valence-corrected chi connectivity index (χ0v) is 16.3. The van der Waals surface area contributed by atoms with E-state index in [4.69, 9.17) is 0 Å². The number of aromatic nitrogens is 3. The number of fused-ring (bicyclic) bond motifs is 4. The van der Waals surface area contributed by atoms with Gasteiger partial charge in [0.1, 0.15) is 11.8 Å². The maximum absolute atomic E-state index is 12.9. The maximum atomic E-state index is 12.9. The Morgan fingerprint density at radius 3 is 2.96 bits per heavy atom. The fourth-order valence-electron chi connectivity index (χ4n) is 4.80. The molecule has 3 atom stereocenters. The molecule has 2 saturated heterocycles. The Hall–Kier alpha value is -2.15. The van der Waals surface area contributed by atoms with Crippen LogP contribution in [0.1, 0.15) is 33.1 Å². The summed E-state index contributed by atoms with van der Waals surface area (Å²) in [5.41, 5.74) is 0.993. The molecule has 1 amide bonds. The molecule has 3 aliphatic rings. The third-order valence-electron chi connectivity index (χ3n) is 6.35. The Balaban J connectivity index is 1.43. The van der Waals surface area contributed by atoms with Gasteiger partial charge >= 0.3 is 0 Å². The minimum atomic E-state index is 0.300. The number of likely N-dealkylation sites (N-methyl/N-ethyl adjacent to an activating group) is 1. The summed E-state index contributed by atoms with van der Waals surface area (Å²) in [5, 5.41) is 7.75. The average Bonchev–Trinajstić information content (AvgIpc) is 3.20. The first-order valence-corrected chi connectivity index (χ1v) is 10.2. The molecule has 3 unspecified atom stereocenters. The van der Waals surface area contributed by atoms with E-state index in [1.807, 2.05) is 22.8 Å². The number of rotatable bonds is 7. The molecular weight excluding hydrogens is 340 g/mol. The average molecular weight is 371 g/mol. The second kappa shape index (κ2) is 7.84. The maximum Gasteiger partial charge on any atom is 0.237 e. The predicted molar refractivity (Wildman–Crippen MR) is 106 cm³/mol. The zero-order valence-electron chi connectivity index (χ0n) is 16.3. The van der Waals surface area contributed by atoms with Crippen molar-refractivity contribution in [2.24, 2.45) is 11.8 Å². The normalized spacial score (nSPS) is 24.7. The van der Waals surface area contributed by atoms with E-state index in [1.165, 1.54) is 12.8 Å². The number of hydrogen-bond acceptors (Lipinski definition) is 5. The molecule has 0 aromatic carbocycles. The molecule has 146 valence electrons. The second-order valence-corrected chi connectivity index (χ2v) is 7.84. The molecule has 7 heteroatoms. The van der Waals surface area contributed by atoms with Crippen LogP contribution in [0.4, 0.5) is 5.82 Å². The monoisotopic (exact) mass is 370 g/mol. The van der Waals surface area contributed by atoms with Crippen molar-refractivity contribution in [3.8, 4) is 0 Å². The molecule has 0 spiro atoms. The van der Waals surface area contributed by atoms with E-state index < -0.39 is 0 Å². The molecule has 1 N–H and O–H groups in total.